The molecule has 1 amide bonds. The van der Waals surface area contributed by atoms with E-state index in [1.54, 1.807) is 11.3 Å². The largest absolute Gasteiger partial charge is 0.350 e. The van der Waals surface area contributed by atoms with Gasteiger partial charge in [0.2, 0.25) is 0 Å². The van der Waals surface area contributed by atoms with Gasteiger partial charge in [-0.15, -0.1) is 11.3 Å². The van der Waals surface area contributed by atoms with E-state index in [9.17, 15) is 4.79 Å². The number of hydrogen-bond donors (Lipinski definition) is 1. The van der Waals surface area contributed by atoms with Crippen molar-refractivity contribution in [1.82, 2.24) is 14.8 Å². The van der Waals surface area contributed by atoms with E-state index < -0.39 is 0 Å². The van der Waals surface area contributed by atoms with Crippen molar-refractivity contribution in [2.45, 2.75) is 31.7 Å². The van der Waals surface area contributed by atoms with Crippen molar-refractivity contribution in [3.8, 4) is 5.69 Å². The molecule has 3 heterocycles. The predicted molar refractivity (Wildman–Crippen MR) is 115 cm³/mol. The molecule has 1 aliphatic rings. The van der Waals surface area contributed by atoms with E-state index in [0.717, 1.165) is 18.8 Å². The molecule has 1 aromatic carbocycles. The first-order valence-electron chi connectivity index (χ1n) is 10.1. The predicted octanol–water partition coefficient (Wildman–Crippen LogP) is 4.89. The van der Waals surface area contributed by atoms with Crippen molar-refractivity contribution in [3.63, 3.8) is 0 Å². The molecule has 4 rings (SSSR count). The minimum atomic E-state index is -0.00423. The van der Waals surface area contributed by atoms with Crippen LogP contribution in [0.15, 0.2) is 66.3 Å². The molecule has 4 nitrogen and oxygen atoms in total. The molecule has 28 heavy (non-hydrogen) atoms. The van der Waals surface area contributed by atoms with Crippen molar-refractivity contribution < 1.29 is 4.79 Å². The van der Waals surface area contributed by atoms with Gasteiger partial charge in [0.15, 0.2) is 0 Å². The third-order valence-electron chi connectivity index (χ3n) is 5.44. The van der Waals surface area contributed by atoms with Crippen LogP contribution >= 0.6 is 11.3 Å². The quantitative estimate of drug-likeness (QED) is 0.648. The van der Waals surface area contributed by atoms with Gasteiger partial charge in [0.1, 0.15) is 0 Å². The minimum absolute atomic E-state index is 0.00423. The van der Waals surface area contributed by atoms with Crippen molar-refractivity contribution in [1.29, 1.82) is 0 Å². The van der Waals surface area contributed by atoms with E-state index in [-0.39, 0.29) is 11.9 Å². The summed E-state index contributed by atoms with van der Waals surface area (Å²) in [6, 6.07) is 16.3. The highest BCUT2D eigenvalue weighted by atomic mass is 32.1. The normalized spacial score (nSPS) is 16.4. The van der Waals surface area contributed by atoms with Gasteiger partial charge in [0, 0.05) is 35.1 Å². The number of amides is 1. The molecular weight excluding hydrogens is 366 g/mol. The summed E-state index contributed by atoms with van der Waals surface area (Å²) in [6.07, 6.45) is 9.12. The highest BCUT2D eigenvalue weighted by molar-refractivity contribution is 7.10. The Morgan fingerprint density at radius 1 is 0.964 bits per heavy atom. The Bertz CT molecular complexity index is 848. The molecule has 5 heteroatoms. The van der Waals surface area contributed by atoms with E-state index in [0.29, 0.717) is 12.1 Å². The van der Waals surface area contributed by atoms with Crippen LogP contribution in [-0.4, -0.2) is 35.0 Å². The minimum Gasteiger partial charge on any atom is -0.350 e. The van der Waals surface area contributed by atoms with Crippen LogP contribution in [0.3, 0.4) is 0 Å². The number of aromatic nitrogens is 1. The topological polar surface area (TPSA) is 37.3 Å². The molecule has 146 valence electrons. The molecule has 1 atom stereocenters. The second kappa shape index (κ2) is 9.22. The van der Waals surface area contributed by atoms with E-state index in [4.69, 9.17) is 0 Å². The van der Waals surface area contributed by atoms with Gasteiger partial charge in [-0.2, -0.15) is 0 Å². The molecule has 0 bridgehead atoms. The highest BCUT2D eigenvalue weighted by Gasteiger charge is 2.23. The number of carbonyl (C=O) groups is 1. The van der Waals surface area contributed by atoms with Crippen LogP contribution < -0.4 is 5.32 Å². The van der Waals surface area contributed by atoms with Crippen LogP contribution in [0.5, 0.6) is 0 Å². The summed E-state index contributed by atoms with van der Waals surface area (Å²) in [4.78, 5) is 16.6. The van der Waals surface area contributed by atoms with E-state index >= 15 is 0 Å². The van der Waals surface area contributed by atoms with Gasteiger partial charge >= 0.3 is 0 Å². The maximum absolute atomic E-state index is 12.7. The van der Waals surface area contributed by atoms with Crippen LogP contribution in [0.1, 0.15) is 47.0 Å². The molecule has 1 unspecified atom stereocenters. The van der Waals surface area contributed by atoms with E-state index in [1.165, 1.54) is 30.6 Å². The molecule has 2 aromatic heterocycles. The molecule has 0 saturated carbocycles. The number of nitrogens with zero attached hydrogens (tertiary/aromatic N) is 2. The fourth-order valence-electron chi connectivity index (χ4n) is 3.88. The summed E-state index contributed by atoms with van der Waals surface area (Å²) < 4.78 is 2.04. The zero-order valence-corrected chi connectivity index (χ0v) is 16.9. The van der Waals surface area contributed by atoms with Gasteiger partial charge < -0.3 is 9.88 Å². The lowest BCUT2D eigenvalue weighted by atomic mass is 10.1. The zero-order valence-electron chi connectivity index (χ0n) is 16.1. The van der Waals surface area contributed by atoms with Crippen LogP contribution in [0.25, 0.3) is 5.69 Å². The summed E-state index contributed by atoms with van der Waals surface area (Å²) in [6.45, 7) is 2.88. The summed E-state index contributed by atoms with van der Waals surface area (Å²) in [7, 11) is 0. The number of carbonyl (C=O) groups excluding carboxylic acids is 1. The van der Waals surface area contributed by atoms with E-state index in [2.05, 4.69) is 27.7 Å². The number of nitrogens with one attached hydrogen (secondary N) is 1. The Morgan fingerprint density at radius 3 is 2.32 bits per heavy atom. The third kappa shape index (κ3) is 4.54. The number of likely N-dealkylation sites (tertiary alicyclic amines) is 1. The Kier molecular flexibility index (Phi) is 6.24. The van der Waals surface area contributed by atoms with Crippen molar-refractivity contribution in [2.24, 2.45) is 0 Å². The second-order valence-electron chi connectivity index (χ2n) is 7.33. The van der Waals surface area contributed by atoms with Gasteiger partial charge in [-0.3, -0.25) is 9.69 Å². The van der Waals surface area contributed by atoms with Gasteiger partial charge in [0.25, 0.3) is 5.91 Å². The third-order valence-corrected chi connectivity index (χ3v) is 6.41. The summed E-state index contributed by atoms with van der Waals surface area (Å²) in [5.74, 6) is -0.00423. The number of benzene rings is 1. The lowest BCUT2D eigenvalue weighted by Gasteiger charge is -2.30. The number of rotatable bonds is 6. The smallest absolute Gasteiger partial charge is 0.251 e. The van der Waals surface area contributed by atoms with Gasteiger partial charge in [-0.1, -0.05) is 18.9 Å². The highest BCUT2D eigenvalue weighted by Crippen LogP contribution is 2.27. The van der Waals surface area contributed by atoms with Crippen molar-refractivity contribution in [2.75, 3.05) is 19.6 Å². The maximum Gasteiger partial charge on any atom is 0.251 e. The molecule has 1 fully saturated rings. The fourth-order valence-corrected chi connectivity index (χ4v) is 4.74. The van der Waals surface area contributed by atoms with Gasteiger partial charge in [-0.25, -0.2) is 0 Å². The van der Waals surface area contributed by atoms with Gasteiger partial charge in [0.05, 0.1) is 6.04 Å². The Hall–Kier alpha value is -2.37. The summed E-state index contributed by atoms with van der Waals surface area (Å²) in [5, 5.41) is 5.31. The Labute approximate surface area is 170 Å². The first-order chi connectivity index (χ1) is 13.8. The Balaban J connectivity index is 1.42. The molecule has 0 radical (unpaired) electrons. The molecule has 0 aliphatic carbocycles. The molecular formula is C23H27N3OS. The Morgan fingerprint density at radius 2 is 1.68 bits per heavy atom. The second-order valence-corrected chi connectivity index (χ2v) is 8.31. The van der Waals surface area contributed by atoms with Crippen LogP contribution in [-0.2, 0) is 0 Å². The standard InChI is InChI=1S/C23H27N3OS/c27-23(19-9-11-20(12-10-19)25-13-5-6-14-25)24-18-21(22-8-7-17-28-22)26-15-3-1-2-4-16-26/h5-14,17,21H,1-4,15-16,18H2,(H,24,27). The zero-order chi connectivity index (χ0) is 19.2. The summed E-state index contributed by atoms with van der Waals surface area (Å²) in [5.41, 5.74) is 1.76. The molecule has 3 aromatic rings. The van der Waals surface area contributed by atoms with Crippen LogP contribution in [0.4, 0.5) is 0 Å². The number of hydrogen-bond acceptors (Lipinski definition) is 3. The van der Waals surface area contributed by atoms with Gasteiger partial charge in [-0.05, 0) is 73.8 Å². The molecule has 0 spiro atoms. The fraction of sp³-hybridized carbons (Fsp3) is 0.348. The van der Waals surface area contributed by atoms with Crippen molar-refractivity contribution >= 4 is 17.2 Å². The van der Waals surface area contributed by atoms with Crippen molar-refractivity contribution in [3.05, 3.63) is 76.7 Å². The average Bonchev–Trinajstić information content (AvgIpc) is 3.39. The molecule has 1 saturated heterocycles. The lowest BCUT2D eigenvalue weighted by Crippen LogP contribution is -2.38. The monoisotopic (exact) mass is 393 g/mol. The molecule has 1 N–H and O–H groups in total. The lowest BCUT2D eigenvalue weighted by molar-refractivity contribution is 0.0934. The first kappa shape index (κ1) is 19.0. The number of thiophene rings is 1. The maximum atomic E-state index is 12.7. The SMILES string of the molecule is O=C(NCC(c1cccs1)N1CCCCCC1)c1ccc(-n2cccc2)cc1. The first-order valence-corrected chi connectivity index (χ1v) is 11.0. The van der Waals surface area contributed by atoms with Crippen LogP contribution in [0.2, 0.25) is 0 Å². The average molecular weight is 394 g/mol. The molecule has 1 aliphatic heterocycles. The van der Waals surface area contributed by atoms with Crippen LogP contribution in [0, 0.1) is 0 Å². The van der Waals surface area contributed by atoms with E-state index in [1.807, 2.05) is 53.4 Å². The summed E-state index contributed by atoms with van der Waals surface area (Å²) >= 11 is 1.78.